The molecule has 1 N–H and O–H groups in total. The molecule has 1 aromatic rings. The van der Waals surface area contributed by atoms with Gasteiger partial charge in [-0.25, -0.2) is 4.79 Å². The quantitative estimate of drug-likeness (QED) is 0.914. The average Bonchev–Trinajstić information content (AvgIpc) is 2.89. The Hall–Kier alpha value is -1.85. The summed E-state index contributed by atoms with van der Waals surface area (Å²) >= 11 is 0. The van der Waals surface area contributed by atoms with Crippen molar-refractivity contribution < 1.29 is 19.4 Å². The summed E-state index contributed by atoms with van der Waals surface area (Å²) in [6.45, 7) is 1.66. The zero-order valence-electron chi connectivity index (χ0n) is 11.1. The summed E-state index contributed by atoms with van der Waals surface area (Å²) in [5.74, 6) is 0. The number of anilines is 1. The summed E-state index contributed by atoms with van der Waals surface area (Å²) in [7, 11) is 0. The second-order valence-corrected chi connectivity index (χ2v) is 4.90. The van der Waals surface area contributed by atoms with E-state index in [0.29, 0.717) is 13.2 Å². The fourth-order valence-corrected chi connectivity index (χ4v) is 2.47. The number of carbonyl (C=O) groups excluding carboxylic acids is 1. The molecule has 0 unspecified atom stereocenters. The predicted octanol–water partition coefficient (Wildman–Crippen LogP) is 1.81. The molecule has 1 amide bonds. The number of amides is 1. The predicted molar refractivity (Wildman–Crippen MR) is 74.6 cm³/mol. The largest absolute Gasteiger partial charge is 0.441 e. The van der Waals surface area contributed by atoms with Gasteiger partial charge < -0.3 is 14.6 Å². The SMILES string of the molecule is O=C1O[C@@H](CO)CN1c1ccc(C2=CCOCC2)cc1. The Labute approximate surface area is 117 Å². The Morgan fingerprint density at radius 1 is 1.30 bits per heavy atom. The maximum Gasteiger partial charge on any atom is 0.414 e. The van der Waals surface area contributed by atoms with Crippen LogP contribution in [0.4, 0.5) is 10.5 Å². The molecule has 5 nitrogen and oxygen atoms in total. The minimum Gasteiger partial charge on any atom is -0.441 e. The van der Waals surface area contributed by atoms with E-state index in [1.54, 1.807) is 4.90 Å². The number of benzene rings is 1. The van der Waals surface area contributed by atoms with Crippen LogP contribution in [0.3, 0.4) is 0 Å². The normalized spacial score (nSPS) is 22.6. The van der Waals surface area contributed by atoms with Gasteiger partial charge in [-0.05, 0) is 29.7 Å². The van der Waals surface area contributed by atoms with Gasteiger partial charge in [-0.1, -0.05) is 18.2 Å². The molecule has 5 heteroatoms. The van der Waals surface area contributed by atoms with E-state index in [-0.39, 0.29) is 6.61 Å². The first-order valence-electron chi connectivity index (χ1n) is 6.74. The molecule has 3 rings (SSSR count). The van der Waals surface area contributed by atoms with Gasteiger partial charge in [0.15, 0.2) is 0 Å². The van der Waals surface area contributed by atoms with Gasteiger partial charge in [0.25, 0.3) is 0 Å². The molecule has 0 spiro atoms. The van der Waals surface area contributed by atoms with E-state index in [9.17, 15) is 4.79 Å². The average molecular weight is 275 g/mol. The number of aliphatic hydroxyl groups is 1. The van der Waals surface area contributed by atoms with Crippen LogP contribution in [0.5, 0.6) is 0 Å². The van der Waals surface area contributed by atoms with E-state index in [1.807, 2.05) is 24.3 Å². The van der Waals surface area contributed by atoms with E-state index in [4.69, 9.17) is 14.6 Å². The monoisotopic (exact) mass is 275 g/mol. The van der Waals surface area contributed by atoms with Crippen molar-refractivity contribution in [3.8, 4) is 0 Å². The van der Waals surface area contributed by atoms with Crippen molar-refractivity contribution in [2.45, 2.75) is 12.5 Å². The lowest BCUT2D eigenvalue weighted by Crippen LogP contribution is -2.25. The van der Waals surface area contributed by atoms with Crippen LogP contribution in [-0.2, 0) is 9.47 Å². The summed E-state index contributed by atoms with van der Waals surface area (Å²) in [6, 6.07) is 7.83. The highest BCUT2D eigenvalue weighted by Gasteiger charge is 2.31. The number of carbonyl (C=O) groups is 1. The first kappa shape index (κ1) is 13.1. The Morgan fingerprint density at radius 2 is 2.10 bits per heavy atom. The number of nitrogens with zero attached hydrogens (tertiary/aromatic N) is 1. The fourth-order valence-electron chi connectivity index (χ4n) is 2.47. The first-order chi connectivity index (χ1) is 9.78. The highest BCUT2D eigenvalue weighted by atomic mass is 16.6. The van der Waals surface area contributed by atoms with Crippen LogP contribution < -0.4 is 4.90 Å². The number of ether oxygens (including phenoxy) is 2. The van der Waals surface area contributed by atoms with Gasteiger partial charge in [0, 0.05) is 5.69 Å². The summed E-state index contributed by atoms with van der Waals surface area (Å²) in [5, 5.41) is 9.04. The molecule has 0 aliphatic carbocycles. The standard InChI is InChI=1S/C15H17NO4/c17-10-14-9-16(15(18)20-14)13-3-1-11(2-4-13)12-5-7-19-8-6-12/h1-5,14,17H,6-10H2/t14-/m1/s1. The molecule has 0 saturated carbocycles. The number of cyclic esters (lactones) is 1. The Bertz CT molecular complexity index is 523. The van der Waals surface area contributed by atoms with Crippen LogP contribution in [0.2, 0.25) is 0 Å². The second-order valence-electron chi connectivity index (χ2n) is 4.90. The summed E-state index contributed by atoms with van der Waals surface area (Å²) in [6.07, 6.45) is 2.17. The van der Waals surface area contributed by atoms with Crippen molar-refractivity contribution in [3.63, 3.8) is 0 Å². The van der Waals surface area contributed by atoms with Gasteiger partial charge in [0.1, 0.15) is 6.10 Å². The molecule has 1 saturated heterocycles. The summed E-state index contributed by atoms with van der Waals surface area (Å²) < 4.78 is 10.3. The van der Waals surface area contributed by atoms with Gasteiger partial charge in [0.05, 0.1) is 26.4 Å². The molecule has 20 heavy (non-hydrogen) atoms. The summed E-state index contributed by atoms with van der Waals surface area (Å²) in [4.78, 5) is 13.2. The van der Waals surface area contributed by atoms with Crippen molar-refractivity contribution in [3.05, 3.63) is 35.9 Å². The third-order valence-corrected chi connectivity index (χ3v) is 3.59. The third kappa shape index (κ3) is 2.55. The zero-order chi connectivity index (χ0) is 13.9. The van der Waals surface area contributed by atoms with Crippen LogP contribution in [0.15, 0.2) is 30.3 Å². The van der Waals surface area contributed by atoms with Crippen molar-refractivity contribution in [1.82, 2.24) is 0 Å². The van der Waals surface area contributed by atoms with Crippen molar-refractivity contribution in [1.29, 1.82) is 0 Å². The Morgan fingerprint density at radius 3 is 2.70 bits per heavy atom. The van der Waals surface area contributed by atoms with Crippen LogP contribution in [0.1, 0.15) is 12.0 Å². The molecule has 2 aliphatic heterocycles. The minimum atomic E-state index is -0.430. The Balaban J connectivity index is 1.76. The topological polar surface area (TPSA) is 59.0 Å². The molecule has 1 aromatic carbocycles. The maximum absolute atomic E-state index is 11.7. The second kappa shape index (κ2) is 5.64. The van der Waals surface area contributed by atoms with Crippen LogP contribution >= 0.6 is 0 Å². The lowest BCUT2D eigenvalue weighted by atomic mass is 10.0. The van der Waals surface area contributed by atoms with Crippen molar-refractivity contribution in [2.24, 2.45) is 0 Å². The van der Waals surface area contributed by atoms with Crippen LogP contribution in [0, 0.1) is 0 Å². The number of rotatable bonds is 3. The highest BCUT2D eigenvalue weighted by Crippen LogP contribution is 2.26. The van der Waals surface area contributed by atoms with Crippen molar-refractivity contribution >= 4 is 17.4 Å². The number of hydrogen-bond acceptors (Lipinski definition) is 4. The van der Waals surface area contributed by atoms with Crippen LogP contribution in [0.25, 0.3) is 5.57 Å². The fraction of sp³-hybridized carbons (Fsp3) is 0.400. The lowest BCUT2D eigenvalue weighted by Gasteiger charge is -2.16. The van der Waals surface area contributed by atoms with E-state index in [0.717, 1.165) is 24.3 Å². The lowest BCUT2D eigenvalue weighted by molar-refractivity contribution is 0.0963. The van der Waals surface area contributed by atoms with Gasteiger partial charge in [0.2, 0.25) is 0 Å². The molecule has 2 heterocycles. The van der Waals surface area contributed by atoms with E-state index in [2.05, 4.69) is 6.08 Å². The zero-order valence-corrected chi connectivity index (χ0v) is 11.1. The molecule has 2 aliphatic rings. The molecular formula is C15H17NO4. The minimum absolute atomic E-state index is 0.146. The Kier molecular flexibility index (Phi) is 3.71. The van der Waals surface area contributed by atoms with Gasteiger partial charge in [-0.15, -0.1) is 0 Å². The van der Waals surface area contributed by atoms with Gasteiger partial charge in [-0.3, -0.25) is 4.90 Å². The molecule has 106 valence electrons. The first-order valence-corrected chi connectivity index (χ1v) is 6.74. The van der Waals surface area contributed by atoms with E-state index in [1.165, 1.54) is 5.57 Å². The molecular weight excluding hydrogens is 258 g/mol. The smallest absolute Gasteiger partial charge is 0.414 e. The highest BCUT2D eigenvalue weighted by molar-refractivity contribution is 5.90. The van der Waals surface area contributed by atoms with Gasteiger partial charge >= 0.3 is 6.09 Å². The molecule has 0 bridgehead atoms. The third-order valence-electron chi connectivity index (χ3n) is 3.59. The van der Waals surface area contributed by atoms with Crippen molar-refractivity contribution in [2.75, 3.05) is 31.3 Å². The van der Waals surface area contributed by atoms with E-state index < -0.39 is 12.2 Å². The summed E-state index contributed by atoms with van der Waals surface area (Å²) in [5.41, 5.74) is 3.23. The number of aliphatic hydroxyl groups excluding tert-OH is 1. The molecule has 1 atom stereocenters. The maximum atomic E-state index is 11.7. The van der Waals surface area contributed by atoms with Gasteiger partial charge in [-0.2, -0.15) is 0 Å². The van der Waals surface area contributed by atoms with E-state index >= 15 is 0 Å². The number of hydrogen-bond donors (Lipinski definition) is 1. The molecule has 0 radical (unpaired) electrons. The molecule has 0 aromatic heterocycles. The van der Waals surface area contributed by atoms with Crippen LogP contribution in [-0.4, -0.2) is 43.7 Å². The molecule has 1 fully saturated rings.